The van der Waals surface area contributed by atoms with Crippen LogP contribution in [-0.2, 0) is 17.9 Å². The highest BCUT2D eigenvalue weighted by Gasteiger charge is 2.25. The van der Waals surface area contributed by atoms with Crippen LogP contribution in [0.5, 0.6) is 0 Å². The van der Waals surface area contributed by atoms with Crippen LogP contribution in [0.2, 0.25) is 5.02 Å². The van der Waals surface area contributed by atoms with E-state index in [1.54, 1.807) is 29.6 Å². The van der Waals surface area contributed by atoms with Crippen molar-refractivity contribution in [1.82, 2.24) is 14.0 Å². The van der Waals surface area contributed by atoms with Crippen LogP contribution in [0.1, 0.15) is 31.7 Å². The number of carbonyl (C=O) groups excluding carboxylic acids is 1. The molecule has 1 amide bonds. The summed E-state index contributed by atoms with van der Waals surface area (Å²) in [6.45, 7) is 2.75. The molecular formula is C21H22ClN3O3S. The summed E-state index contributed by atoms with van der Waals surface area (Å²) in [7, 11) is 0. The zero-order valence-electron chi connectivity index (χ0n) is 16.1. The van der Waals surface area contributed by atoms with Gasteiger partial charge < -0.3 is 4.90 Å². The third-order valence-electron chi connectivity index (χ3n) is 5.54. The Morgan fingerprint density at radius 2 is 1.97 bits per heavy atom. The Kier molecular flexibility index (Phi) is 5.61. The van der Waals surface area contributed by atoms with Gasteiger partial charge in [0, 0.05) is 17.6 Å². The van der Waals surface area contributed by atoms with Crippen LogP contribution in [-0.4, -0.2) is 32.5 Å². The summed E-state index contributed by atoms with van der Waals surface area (Å²) in [5.41, 5.74) is 0.360. The van der Waals surface area contributed by atoms with Gasteiger partial charge in [0.1, 0.15) is 11.2 Å². The highest BCUT2D eigenvalue weighted by Crippen LogP contribution is 2.20. The number of nitrogens with zero attached hydrogens (tertiary/aromatic N) is 3. The van der Waals surface area contributed by atoms with Gasteiger partial charge in [0.05, 0.1) is 12.1 Å². The number of carbonyl (C=O) groups is 1. The normalized spacial score (nSPS) is 17.0. The van der Waals surface area contributed by atoms with Crippen LogP contribution >= 0.6 is 22.9 Å². The van der Waals surface area contributed by atoms with Crippen LogP contribution in [0.15, 0.2) is 45.3 Å². The Labute approximate surface area is 176 Å². The van der Waals surface area contributed by atoms with Crippen molar-refractivity contribution < 1.29 is 4.79 Å². The van der Waals surface area contributed by atoms with Gasteiger partial charge in [-0.2, -0.15) is 0 Å². The Bertz CT molecular complexity index is 1180. The second-order valence-electron chi connectivity index (χ2n) is 7.42. The van der Waals surface area contributed by atoms with E-state index in [1.165, 1.54) is 20.5 Å². The van der Waals surface area contributed by atoms with Crippen LogP contribution in [0.4, 0.5) is 0 Å². The van der Waals surface area contributed by atoms with E-state index in [4.69, 9.17) is 11.6 Å². The maximum Gasteiger partial charge on any atom is 0.332 e. The predicted molar refractivity (Wildman–Crippen MR) is 116 cm³/mol. The van der Waals surface area contributed by atoms with E-state index in [1.807, 2.05) is 17.9 Å². The fourth-order valence-electron chi connectivity index (χ4n) is 3.92. The van der Waals surface area contributed by atoms with Crippen LogP contribution in [0.3, 0.4) is 0 Å². The van der Waals surface area contributed by atoms with E-state index in [-0.39, 0.29) is 30.6 Å². The molecule has 1 aromatic carbocycles. The number of halogens is 1. The topological polar surface area (TPSA) is 64.3 Å². The quantitative estimate of drug-likeness (QED) is 0.636. The first-order chi connectivity index (χ1) is 14.0. The van der Waals surface area contributed by atoms with Crippen molar-refractivity contribution in [3.8, 4) is 0 Å². The molecule has 1 aliphatic rings. The minimum atomic E-state index is -0.487. The highest BCUT2D eigenvalue weighted by molar-refractivity contribution is 7.17. The van der Waals surface area contributed by atoms with Crippen molar-refractivity contribution in [2.24, 2.45) is 0 Å². The minimum absolute atomic E-state index is 0.0689. The van der Waals surface area contributed by atoms with Gasteiger partial charge in [-0.15, -0.1) is 11.3 Å². The molecule has 0 radical (unpaired) electrons. The largest absolute Gasteiger partial charge is 0.338 e. The second-order valence-corrected chi connectivity index (χ2v) is 8.74. The molecule has 3 aromatic rings. The number of thiophene rings is 1. The second kappa shape index (κ2) is 8.16. The summed E-state index contributed by atoms with van der Waals surface area (Å²) < 4.78 is 3.07. The van der Waals surface area contributed by atoms with Crippen molar-refractivity contribution in [1.29, 1.82) is 0 Å². The van der Waals surface area contributed by atoms with Gasteiger partial charge in [-0.1, -0.05) is 29.8 Å². The van der Waals surface area contributed by atoms with Crippen LogP contribution < -0.4 is 11.2 Å². The third kappa shape index (κ3) is 3.76. The summed E-state index contributed by atoms with van der Waals surface area (Å²) in [5.74, 6) is -0.0882. The summed E-state index contributed by atoms with van der Waals surface area (Å²) in [4.78, 5) is 41.0. The molecule has 3 heterocycles. The van der Waals surface area contributed by atoms with Gasteiger partial charge in [0.25, 0.3) is 5.56 Å². The van der Waals surface area contributed by atoms with Crippen molar-refractivity contribution in [2.45, 2.75) is 45.3 Å². The predicted octanol–water partition coefficient (Wildman–Crippen LogP) is 3.33. The Balaban J connectivity index is 1.77. The standard InChI is InChI=1S/C21H22ClN3O3S/c1-14-6-4-5-10-23(14)18(26)13-24-17-9-11-29-19(17)20(27)25(21(24)28)12-15-7-2-3-8-16(15)22/h2-3,7-9,11,14H,4-6,10,12-13H2,1H3/t14-/m1/s1. The van der Waals surface area contributed by atoms with E-state index in [0.717, 1.165) is 19.3 Å². The molecule has 1 fully saturated rings. The molecular weight excluding hydrogens is 410 g/mol. The number of amides is 1. The van der Waals surface area contributed by atoms with Gasteiger partial charge in [-0.25, -0.2) is 4.79 Å². The highest BCUT2D eigenvalue weighted by atomic mass is 35.5. The summed E-state index contributed by atoms with van der Waals surface area (Å²) in [6.07, 6.45) is 3.06. The minimum Gasteiger partial charge on any atom is -0.338 e. The summed E-state index contributed by atoms with van der Waals surface area (Å²) in [6, 6.07) is 9.03. The number of benzene rings is 1. The SMILES string of the molecule is C[C@@H]1CCCCN1C(=O)Cn1c(=O)n(Cc2ccccc2Cl)c(=O)c2sccc21. The molecule has 2 aromatic heterocycles. The van der Waals surface area contributed by atoms with Gasteiger partial charge >= 0.3 is 5.69 Å². The van der Waals surface area contributed by atoms with Crippen molar-refractivity contribution in [3.05, 3.63) is 67.1 Å². The van der Waals surface area contributed by atoms with Crippen LogP contribution in [0.25, 0.3) is 10.2 Å². The first-order valence-corrected chi connectivity index (χ1v) is 11.0. The number of aromatic nitrogens is 2. The fraction of sp³-hybridized carbons (Fsp3) is 0.381. The molecule has 0 N–H and O–H groups in total. The number of hydrogen-bond acceptors (Lipinski definition) is 4. The Hall–Kier alpha value is -2.38. The lowest BCUT2D eigenvalue weighted by Crippen LogP contribution is -2.47. The van der Waals surface area contributed by atoms with Gasteiger partial charge in [-0.3, -0.25) is 18.7 Å². The lowest BCUT2D eigenvalue weighted by molar-refractivity contribution is -0.135. The number of rotatable bonds is 4. The first-order valence-electron chi connectivity index (χ1n) is 9.71. The molecule has 152 valence electrons. The van der Waals surface area contributed by atoms with Crippen molar-refractivity contribution in [2.75, 3.05) is 6.54 Å². The first kappa shape index (κ1) is 19.9. The summed E-state index contributed by atoms with van der Waals surface area (Å²) >= 11 is 7.51. The van der Waals surface area contributed by atoms with E-state index in [0.29, 0.717) is 27.3 Å². The number of piperidine rings is 1. The monoisotopic (exact) mass is 431 g/mol. The zero-order valence-corrected chi connectivity index (χ0v) is 17.7. The zero-order chi connectivity index (χ0) is 20.5. The van der Waals surface area contributed by atoms with Crippen molar-refractivity contribution in [3.63, 3.8) is 0 Å². The van der Waals surface area contributed by atoms with E-state index in [2.05, 4.69) is 0 Å². The molecule has 8 heteroatoms. The lowest BCUT2D eigenvalue weighted by Gasteiger charge is -2.33. The molecule has 0 bridgehead atoms. The van der Waals surface area contributed by atoms with E-state index < -0.39 is 5.69 Å². The van der Waals surface area contributed by atoms with Crippen LogP contribution in [0, 0.1) is 0 Å². The number of hydrogen-bond donors (Lipinski definition) is 0. The molecule has 0 saturated carbocycles. The average Bonchev–Trinajstić information content (AvgIpc) is 3.20. The lowest BCUT2D eigenvalue weighted by atomic mass is 10.0. The van der Waals surface area contributed by atoms with Gasteiger partial charge in [0.15, 0.2) is 0 Å². The fourth-order valence-corrected chi connectivity index (χ4v) is 4.96. The van der Waals surface area contributed by atoms with E-state index in [9.17, 15) is 14.4 Å². The average molecular weight is 432 g/mol. The molecule has 1 saturated heterocycles. The molecule has 6 nitrogen and oxygen atoms in total. The number of fused-ring (bicyclic) bond motifs is 1. The molecule has 29 heavy (non-hydrogen) atoms. The van der Waals surface area contributed by atoms with Crippen molar-refractivity contribution >= 4 is 39.1 Å². The smallest absolute Gasteiger partial charge is 0.332 e. The Morgan fingerprint density at radius 1 is 1.17 bits per heavy atom. The molecule has 1 aliphatic heterocycles. The molecule has 1 atom stereocenters. The maximum absolute atomic E-state index is 13.2. The summed E-state index contributed by atoms with van der Waals surface area (Å²) in [5, 5.41) is 2.27. The number of likely N-dealkylation sites (tertiary alicyclic amines) is 1. The third-order valence-corrected chi connectivity index (χ3v) is 6.80. The van der Waals surface area contributed by atoms with E-state index >= 15 is 0 Å². The molecule has 0 aliphatic carbocycles. The van der Waals surface area contributed by atoms with Gasteiger partial charge in [-0.05, 0) is 49.3 Å². The molecule has 4 rings (SSSR count). The molecule has 0 spiro atoms. The Morgan fingerprint density at radius 3 is 2.72 bits per heavy atom. The maximum atomic E-state index is 13.2. The van der Waals surface area contributed by atoms with Gasteiger partial charge in [0.2, 0.25) is 5.91 Å². The molecule has 0 unspecified atom stereocenters.